The molecule has 0 N–H and O–H groups in total. The van der Waals surface area contributed by atoms with Gasteiger partial charge in [0.15, 0.2) is 0 Å². The summed E-state index contributed by atoms with van der Waals surface area (Å²) in [5.41, 5.74) is 1.29. The molecule has 3 rings (SSSR count). The van der Waals surface area contributed by atoms with E-state index in [4.69, 9.17) is 0 Å². The molecule has 1 unspecified atom stereocenters. The van der Waals surface area contributed by atoms with Crippen LogP contribution in [0.15, 0.2) is 30.3 Å². The molecule has 2 nitrogen and oxygen atoms in total. The lowest BCUT2D eigenvalue weighted by atomic mass is 10.0. The van der Waals surface area contributed by atoms with Gasteiger partial charge >= 0.3 is 0 Å². The van der Waals surface area contributed by atoms with Crippen molar-refractivity contribution in [3.63, 3.8) is 0 Å². The SMILES string of the molecule is O=C1CCC2(c3ccccc3)SCCN12. The van der Waals surface area contributed by atoms with Crippen molar-refractivity contribution in [2.45, 2.75) is 17.7 Å². The van der Waals surface area contributed by atoms with Crippen molar-refractivity contribution < 1.29 is 4.79 Å². The molecule has 0 aliphatic carbocycles. The van der Waals surface area contributed by atoms with Gasteiger partial charge in [0.1, 0.15) is 4.87 Å². The van der Waals surface area contributed by atoms with Crippen molar-refractivity contribution in [1.29, 1.82) is 0 Å². The third-order valence-corrected chi connectivity index (χ3v) is 4.82. The first-order valence-corrected chi connectivity index (χ1v) is 6.31. The van der Waals surface area contributed by atoms with Crippen molar-refractivity contribution in [3.8, 4) is 0 Å². The summed E-state index contributed by atoms with van der Waals surface area (Å²) in [5.74, 6) is 1.39. The van der Waals surface area contributed by atoms with Crippen LogP contribution in [0.1, 0.15) is 18.4 Å². The van der Waals surface area contributed by atoms with E-state index in [-0.39, 0.29) is 4.87 Å². The summed E-state index contributed by atoms with van der Waals surface area (Å²) in [6, 6.07) is 10.4. The standard InChI is InChI=1S/C12H13NOS/c14-11-6-7-12(13(11)8-9-15-12)10-4-2-1-3-5-10/h1-5H,6-9H2. The van der Waals surface area contributed by atoms with Gasteiger partial charge in [0.2, 0.25) is 5.91 Å². The molecule has 1 aromatic carbocycles. The molecule has 2 aliphatic rings. The molecule has 15 heavy (non-hydrogen) atoms. The molecule has 3 heteroatoms. The number of thioether (sulfide) groups is 1. The lowest BCUT2D eigenvalue weighted by molar-refractivity contribution is -0.128. The molecular formula is C12H13NOS. The van der Waals surface area contributed by atoms with Crippen LogP contribution in [0, 0.1) is 0 Å². The maximum Gasteiger partial charge on any atom is 0.224 e. The van der Waals surface area contributed by atoms with Gasteiger partial charge in [-0.1, -0.05) is 30.3 Å². The fraction of sp³-hybridized carbons (Fsp3) is 0.417. The second-order valence-corrected chi connectivity index (χ2v) is 5.42. The Hall–Kier alpha value is -0.960. The molecule has 0 bridgehead atoms. The number of fused-ring (bicyclic) bond motifs is 1. The van der Waals surface area contributed by atoms with Gasteiger partial charge in [0, 0.05) is 18.7 Å². The summed E-state index contributed by atoms with van der Waals surface area (Å²) in [7, 11) is 0. The van der Waals surface area contributed by atoms with Gasteiger partial charge in [0.05, 0.1) is 0 Å². The summed E-state index contributed by atoms with van der Waals surface area (Å²) < 4.78 is 0. The van der Waals surface area contributed by atoms with Gasteiger partial charge in [-0.05, 0) is 12.0 Å². The Balaban J connectivity index is 2.06. The highest BCUT2D eigenvalue weighted by molar-refractivity contribution is 8.00. The molecule has 2 saturated heterocycles. The number of hydrogen-bond donors (Lipinski definition) is 0. The predicted octanol–water partition coefficient (Wildman–Crippen LogP) is 2.21. The minimum absolute atomic E-state index is 0.0294. The summed E-state index contributed by atoms with van der Waals surface area (Å²) in [5, 5.41) is 0. The highest BCUT2D eigenvalue weighted by atomic mass is 32.2. The molecule has 2 aliphatic heterocycles. The van der Waals surface area contributed by atoms with Gasteiger partial charge in [-0.15, -0.1) is 11.8 Å². The van der Waals surface area contributed by atoms with E-state index in [1.54, 1.807) is 0 Å². The van der Waals surface area contributed by atoms with Crippen LogP contribution < -0.4 is 0 Å². The largest absolute Gasteiger partial charge is 0.323 e. The third-order valence-electron chi connectivity index (χ3n) is 3.30. The topological polar surface area (TPSA) is 20.3 Å². The first kappa shape index (κ1) is 9.28. The smallest absolute Gasteiger partial charge is 0.224 e. The molecular weight excluding hydrogens is 206 g/mol. The van der Waals surface area contributed by atoms with Crippen LogP contribution in [0.5, 0.6) is 0 Å². The Morgan fingerprint density at radius 2 is 2.07 bits per heavy atom. The molecule has 0 spiro atoms. The average Bonchev–Trinajstić information content (AvgIpc) is 2.83. The molecule has 0 radical (unpaired) electrons. The minimum Gasteiger partial charge on any atom is -0.323 e. The zero-order chi connectivity index (χ0) is 10.3. The first-order valence-electron chi connectivity index (χ1n) is 5.33. The Labute approximate surface area is 93.7 Å². The van der Waals surface area contributed by atoms with Crippen LogP contribution in [0.25, 0.3) is 0 Å². The lowest BCUT2D eigenvalue weighted by Crippen LogP contribution is -2.36. The summed E-state index contributed by atoms with van der Waals surface area (Å²) in [6.07, 6.45) is 1.68. The van der Waals surface area contributed by atoms with E-state index >= 15 is 0 Å². The Morgan fingerprint density at radius 3 is 2.87 bits per heavy atom. The van der Waals surface area contributed by atoms with Gasteiger partial charge in [-0.3, -0.25) is 4.79 Å². The minimum atomic E-state index is -0.0294. The van der Waals surface area contributed by atoms with E-state index in [9.17, 15) is 4.79 Å². The fourth-order valence-electron chi connectivity index (χ4n) is 2.59. The van der Waals surface area contributed by atoms with Crippen molar-refractivity contribution in [2.24, 2.45) is 0 Å². The average molecular weight is 219 g/mol. The highest BCUT2D eigenvalue weighted by Gasteiger charge is 2.50. The summed E-state index contributed by atoms with van der Waals surface area (Å²) in [6.45, 7) is 0.915. The maximum absolute atomic E-state index is 11.7. The molecule has 78 valence electrons. The van der Waals surface area contributed by atoms with E-state index in [1.807, 2.05) is 17.8 Å². The van der Waals surface area contributed by atoms with Gasteiger partial charge < -0.3 is 4.90 Å². The number of hydrogen-bond acceptors (Lipinski definition) is 2. The second kappa shape index (κ2) is 3.27. The highest BCUT2D eigenvalue weighted by Crippen LogP contribution is 2.51. The molecule has 2 heterocycles. The molecule has 1 aromatic rings. The van der Waals surface area contributed by atoms with Crippen LogP contribution in [-0.4, -0.2) is 23.1 Å². The number of amides is 1. The summed E-state index contributed by atoms with van der Waals surface area (Å²) in [4.78, 5) is 13.8. The number of nitrogens with zero attached hydrogens (tertiary/aromatic N) is 1. The van der Waals surface area contributed by atoms with E-state index in [0.717, 1.165) is 18.7 Å². The Morgan fingerprint density at radius 1 is 1.27 bits per heavy atom. The molecule has 1 atom stereocenters. The van der Waals surface area contributed by atoms with Crippen LogP contribution in [-0.2, 0) is 9.67 Å². The molecule has 1 amide bonds. The van der Waals surface area contributed by atoms with Crippen LogP contribution >= 0.6 is 11.8 Å². The molecule has 0 saturated carbocycles. The normalized spacial score (nSPS) is 29.6. The van der Waals surface area contributed by atoms with E-state index in [1.165, 1.54) is 5.56 Å². The zero-order valence-electron chi connectivity index (χ0n) is 8.48. The molecule has 2 fully saturated rings. The predicted molar refractivity (Wildman–Crippen MR) is 61.5 cm³/mol. The van der Waals surface area contributed by atoms with Gasteiger partial charge in [-0.2, -0.15) is 0 Å². The number of carbonyl (C=O) groups excluding carboxylic acids is 1. The van der Waals surface area contributed by atoms with Crippen LogP contribution in [0.3, 0.4) is 0 Å². The van der Waals surface area contributed by atoms with Gasteiger partial charge in [0.25, 0.3) is 0 Å². The van der Waals surface area contributed by atoms with E-state index in [2.05, 4.69) is 29.2 Å². The van der Waals surface area contributed by atoms with Crippen molar-refractivity contribution >= 4 is 17.7 Å². The Kier molecular flexibility index (Phi) is 2.02. The van der Waals surface area contributed by atoms with Gasteiger partial charge in [-0.25, -0.2) is 0 Å². The maximum atomic E-state index is 11.7. The quantitative estimate of drug-likeness (QED) is 0.721. The number of carbonyl (C=O) groups is 1. The second-order valence-electron chi connectivity index (χ2n) is 4.04. The summed E-state index contributed by atoms with van der Waals surface area (Å²) >= 11 is 1.92. The molecule has 0 aromatic heterocycles. The monoisotopic (exact) mass is 219 g/mol. The lowest BCUT2D eigenvalue weighted by Gasteiger charge is -2.31. The number of benzene rings is 1. The van der Waals surface area contributed by atoms with Crippen molar-refractivity contribution in [1.82, 2.24) is 4.90 Å². The zero-order valence-corrected chi connectivity index (χ0v) is 9.30. The van der Waals surface area contributed by atoms with Crippen molar-refractivity contribution in [2.75, 3.05) is 12.3 Å². The van der Waals surface area contributed by atoms with Crippen LogP contribution in [0.2, 0.25) is 0 Å². The van der Waals surface area contributed by atoms with E-state index in [0.29, 0.717) is 12.3 Å². The number of rotatable bonds is 1. The third kappa shape index (κ3) is 1.22. The Bertz CT molecular complexity index is 392. The fourth-order valence-corrected chi connectivity index (χ4v) is 4.10. The van der Waals surface area contributed by atoms with Crippen LogP contribution in [0.4, 0.5) is 0 Å². The van der Waals surface area contributed by atoms with Crippen molar-refractivity contribution in [3.05, 3.63) is 35.9 Å². The first-order chi connectivity index (χ1) is 7.33. The van der Waals surface area contributed by atoms with E-state index < -0.39 is 0 Å².